The number of piperidine rings is 1. The van der Waals surface area contributed by atoms with Gasteiger partial charge in [0.05, 0.1) is 39.7 Å². The van der Waals surface area contributed by atoms with E-state index in [0.29, 0.717) is 62.0 Å². The Morgan fingerprint density at radius 1 is 0.912 bits per heavy atom. The van der Waals surface area contributed by atoms with Crippen LogP contribution in [0.25, 0.3) is 32.8 Å². The molecule has 3 fully saturated rings. The summed E-state index contributed by atoms with van der Waals surface area (Å²) in [6.07, 6.45) is 0.932. The number of aromatic nitrogens is 3. The van der Waals surface area contributed by atoms with Crippen LogP contribution in [0.3, 0.4) is 0 Å². The number of fused-ring (bicyclic) bond motifs is 3. The van der Waals surface area contributed by atoms with E-state index in [1.54, 1.807) is 10.7 Å². The number of hydrogen-bond acceptors (Lipinski definition) is 10. The lowest BCUT2D eigenvalue weighted by molar-refractivity contribution is -0.136. The first-order chi connectivity index (χ1) is 32.7. The summed E-state index contributed by atoms with van der Waals surface area (Å²) in [6.45, 7) is 9.09. The molecule has 4 amide bonds. The molecule has 6 heterocycles. The third-order valence-electron chi connectivity index (χ3n) is 14.1. The number of carbonyl (C=O) groups excluding carboxylic acids is 4. The number of imide groups is 2. The summed E-state index contributed by atoms with van der Waals surface area (Å²) in [5.74, 6) is -4.01. The van der Waals surface area contributed by atoms with Gasteiger partial charge in [-0.1, -0.05) is 29.8 Å². The van der Waals surface area contributed by atoms with Crippen molar-refractivity contribution in [1.82, 2.24) is 34.4 Å². The maximum absolute atomic E-state index is 15.6. The zero-order chi connectivity index (χ0) is 47.7. The summed E-state index contributed by atoms with van der Waals surface area (Å²) >= 11 is 7.07. The maximum Gasteiger partial charge on any atom is 0.352 e. The molecule has 18 heteroatoms. The summed E-state index contributed by atoms with van der Waals surface area (Å²) in [5.41, 5.74) is 5.05. The predicted molar refractivity (Wildman–Crippen MR) is 250 cm³/mol. The van der Waals surface area contributed by atoms with Crippen molar-refractivity contribution in [3.8, 4) is 16.9 Å². The third-order valence-corrected chi connectivity index (χ3v) is 14.5. The smallest absolute Gasteiger partial charge is 0.352 e. The summed E-state index contributed by atoms with van der Waals surface area (Å²) in [7, 11) is 1.87. The number of carboxylic acid groups (broad SMARTS) is 1. The average Bonchev–Trinajstić information content (AvgIpc) is 3.84. The highest BCUT2D eigenvalue weighted by molar-refractivity contribution is 6.35. The van der Waals surface area contributed by atoms with E-state index in [0.717, 1.165) is 81.3 Å². The lowest BCUT2D eigenvalue weighted by Gasteiger charge is -2.49. The van der Waals surface area contributed by atoms with E-state index in [9.17, 15) is 33.5 Å². The van der Waals surface area contributed by atoms with Gasteiger partial charge in [0.25, 0.3) is 11.8 Å². The number of hydrogen-bond donors (Lipinski definition) is 2. The zero-order valence-corrected chi connectivity index (χ0v) is 38.5. The van der Waals surface area contributed by atoms with Crippen LogP contribution in [0.4, 0.5) is 14.5 Å². The van der Waals surface area contributed by atoms with Crippen LogP contribution in [0.1, 0.15) is 67.4 Å². The van der Waals surface area contributed by atoms with Crippen LogP contribution < -0.4 is 15.0 Å². The number of carboxylic acids is 1. The molecule has 0 radical (unpaired) electrons. The summed E-state index contributed by atoms with van der Waals surface area (Å²) in [4.78, 5) is 71.6. The second-order valence-electron chi connectivity index (χ2n) is 18.1. The predicted octanol–water partition coefficient (Wildman–Crippen LogP) is 6.36. The number of nitrogens with one attached hydrogen (secondary N) is 1. The van der Waals surface area contributed by atoms with E-state index < -0.39 is 41.5 Å². The Morgan fingerprint density at radius 2 is 1.65 bits per heavy atom. The van der Waals surface area contributed by atoms with Gasteiger partial charge in [-0.25, -0.2) is 13.6 Å². The minimum absolute atomic E-state index is 0.00955. The third kappa shape index (κ3) is 7.85. The molecule has 4 aliphatic heterocycles. The van der Waals surface area contributed by atoms with E-state index >= 15 is 4.39 Å². The van der Waals surface area contributed by atoms with Crippen LogP contribution in [0.5, 0.6) is 5.75 Å². The fourth-order valence-electron chi connectivity index (χ4n) is 10.6. The lowest BCUT2D eigenvalue weighted by atomic mass is 9.98. The molecule has 1 unspecified atom stereocenters. The number of rotatable bonds is 13. The quantitative estimate of drug-likeness (QED) is 0.0979. The Balaban J connectivity index is 0.833. The van der Waals surface area contributed by atoms with Crippen molar-refractivity contribution in [2.24, 2.45) is 7.05 Å². The van der Waals surface area contributed by atoms with Crippen LogP contribution >= 0.6 is 11.6 Å². The molecule has 68 heavy (non-hydrogen) atoms. The first-order valence-electron chi connectivity index (χ1n) is 22.8. The molecule has 6 aromatic rings. The molecule has 0 bridgehead atoms. The van der Waals surface area contributed by atoms with Crippen LogP contribution in [-0.4, -0.2) is 128 Å². The van der Waals surface area contributed by atoms with Crippen molar-refractivity contribution < 1.29 is 42.6 Å². The molecule has 352 valence electrons. The highest BCUT2D eigenvalue weighted by Crippen LogP contribution is 2.42. The minimum atomic E-state index is -1.14. The van der Waals surface area contributed by atoms with E-state index in [-0.39, 0.29) is 47.2 Å². The van der Waals surface area contributed by atoms with Gasteiger partial charge >= 0.3 is 5.97 Å². The fraction of sp³-hybridized carbons (Fsp3) is 0.360. The van der Waals surface area contributed by atoms with Crippen molar-refractivity contribution >= 4 is 68.6 Å². The number of nitrogens with zero attached hydrogens (tertiary/aromatic N) is 7. The molecule has 4 aromatic carbocycles. The van der Waals surface area contributed by atoms with Crippen molar-refractivity contribution in [2.75, 3.05) is 57.3 Å². The average molecular weight is 947 g/mol. The maximum atomic E-state index is 15.6. The number of halogens is 3. The summed E-state index contributed by atoms with van der Waals surface area (Å²) in [6, 6.07) is 15.2. The SMILES string of the molecule is Cc1nn(C)c(C)c1-c1c(Cl)ccc2c(CCCOc3cccc4cc(F)ccc34)c(C(=O)O)n(CCN3CCN(C4CN(c5cc6c(cc5F)C(=O)N(C5CCC(=O)NC5=O)C6=O)C4)CC3)c12. The number of aryl methyl sites for hydroxylation is 3. The molecule has 3 saturated heterocycles. The number of ether oxygens (including phenoxy) is 1. The standard InChI is InChI=1S/C50H49ClF2N8O7/c1-27-43(28(2)56(3)55-27)44-37(51)12-11-34-33(7-5-21-68-41-8-4-6-29-22-30(52)9-10-32(29)41)46(50(66)67)60(45(34)44)20-17-57-15-18-58(19-16-57)31-25-59(26-31)40-24-36-35(23-38(40)53)48(64)61(49(36)65)39-13-14-42(62)54-47(39)63/h4,6,8-12,22-24,31,39H,5,7,13-21,25-26H2,1-3H3,(H,66,67)(H,54,62,63). The van der Waals surface area contributed by atoms with Gasteiger partial charge in [-0.3, -0.25) is 43.9 Å². The van der Waals surface area contributed by atoms with E-state index in [4.69, 9.17) is 16.3 Å². The fourth-order valence-corrected chi connectivity index (χ4v) is 10.8. The number of carbonyl (C=O) groups is 5. The van der Waals surface area contributed by atoms with E-state index in [1.165, 1.54) is 18.2 Å². The Hall–Kier alpha value is -6.69. The van der Waals surface area contributed by atoms with Gasteiger partial charge in [0, 0.05) is 99.5 Å². The van der Waals surface area contributed by atoms with Gasteiger partial charge in [-0.15, -0.1) is 0 Å². The molecule has 0 saturated carbocycles. The van der Waals surface area contributed by atoms with Gasteiger partial charge in [0.15, 0.2) is 0 Å². The molecule has 2 aromatic heterocycles. The number of amides is 4. The van der Waals surface area contributed by atoms with Crippen molar-refractivity contribution in [2.45, 2.75) is 58.2 Å². The molecular formula is C50H49ClF2N8O7. The molecule has 0 aliphatic carbocycles. The van der Waals surface area contributed by atoms with Crippen LogP contribution in [0.15, 0.2) is 60.7 Å². The molecule has 15 nitrogen and oxygen atoms in total. The Kier molecular flexibility index (Phi) is 11.8. The Morgan fingerprint density at radius 3 is 2.35 bits per heavy atom. The first kappa shape index (κ1) is 45.1. The van der Waals surface area contributed by atoms with Crippen molar-refractivity contribution in [1.29, 1.82) is 0 Å². The van der Waals surface area contributed by atoms with Crippen LogP contribution in [-0.2, 0) is 29.6 Å². The highest BCUT2D eigenvalue weighted by Gasteiger charge is 2.46. The van der Waals surface area contributed by atoms with Gasteiger partial charge < -0.3 is 19.3 Å². The number of benzene rings is 4. The summed E-state index contributed by atoms with van der Waals surface area (Å²) in [5, 5.41) is 20.6. The minimum Gasteiger partial charge on any atom is -0.493 e. The van der Waals surface area contributed by atoms with Crippen LogP contribution in [0.2, 0.25) is 5.02 Å². The second kappa shape index (κ2) is 17.8. The number of anilines is 1. The zero-order valence-electron chi connectivity index (χ0n) is 37.8. The first-order valence-corrected chi connectivity index (χ1v) is 23.2. The van der Waals surface area contributed by atoms with Gasteiger partial charge in [0.1, 0.15) is 29.1 Å². The molecule has 10 rings (SSSR count). The Bertz CT molecular complexity index is 3100. The normalized spacial score (nSPS) is 18.2. The second-order valence-corrected chi connectivity index (χ2v) is 18.5. The number of aromatic carboxylic acids is 1. The Labute approximate surface area is 394 Å². The molecule has 4 aliphatic rings. The molecule has 1 atom stereocenters. The number of piperazine rings is 1. The monoisotopic (exact) mass is 946 g/mol. The molecular weight excluding hydrogens is 898 g/mol. The highest BCUT2D eigenvalue weighted by atomic mass is 35.5. The van der Waals surface area contributed by atoms with E-state index in [2.05, 4.69) is 20.2 Å². The largest absolute Gasteiger partial charge is 0.493 e. The lowest BCUT2D eigenvalue weighted by Crippen LogP contribution is -2.63. The van der Waals surface area contributed by atoms with Gasteiger partial charge in [-0.2, -0.15) is 5.10 Å². The van der Waals surface area contributed by atoms with Crippen LogP contribution in [0, 0.1) is 25.5 Å². The van der Waals surface area contributed by atoms with Crippen molar-refractivity contribution in [3.63, 3.8) is 0 Å². The van der Waals surface area contributed by atoms with E-state index in [1.807, 2.05) is 60.7 Å². The molecule has 0 spiro atoms. The summed E-state index contributed by atoms with van der Waals surface area (Å²) < 4.78 is 39.5. The van der Waals surface area contributed by atoms with Gasteiger partial charge in [-0.05, 0) is 86.5 Å². The van der Waals surface area contributed by atoms with Crippen molar-refractivity contribution in [3.05, 3.63) is 111 Å². The van der Waals surface area contributed by atoms with Gasteiger partial charge in [0.2, 0.25) is 11.8 Å². The molecule has 2 N–H and O–H groups in total. The topological polar surface area (TPSA) is 163 Å².